The largest absolute Gasteiger partial charge is 0.331 e. The first kappa shape index (κ1) is 7.28. The fourth-order valence-electron chi connectivity index (χ4n) is 1.34. The molecule has 62 valence electrons. The Balaban J connectivity index is 2.73. The highest BCUT2D eigenvalue weighted by molar-refractivity contribution is 5.75. The van der Waals surface area contributed by atoms with Crippen LogP contribution >= 0.6 is 0 Å². The van der Waals surface area contributed by atoms with E-state index in [1.807, 2.05) is 13.1 Å². The van der Waals surface area contributed by atoms with Gasteiger partial charge in [-0.3, -0.25) is 0 Å². The van der Waals surface area contributed by atoms with Gasteiger partial charge in [0.25, 0.3) is 0 Å². The summed E-state index contributed by atoms with van der Waals surface area (Å²) < 4.78 is 2.09. The smallest absolute Gasteiger partial charge is 0.162 e. The minimum absolute atomic E-state index is 0.946. The van der Waals surface area contributed by atoms with E-state index in [1.165, 1.54) is 5.39 Å². The molecule has 12 heavy (non-hydrogen) atoms. The second-order valence-corrected chi connectivity index (χ2v) is 2.87. The summed E-state index contributed by atoms with van der Waals surface area (Å²) in [5, 5.41) is 9.31. The van der Waals surface area contributed by atoms with Gasteiger partial charge in [0.1, 0.15) is 0 Å². The quantitative estimate of drug-likeness (QED) is 0.638. The molecule has 3 heteroatoms. The molecule has 0 amide bonds. The lowest BCUT2D eigenvalue weighted by Crippen LogP contribution is -1.95. The molecule has 3 nitrogen and oxygen atoms in total. The van der Waals surface area contributed by atoms with Gasteiger partial charge in [-0.05, 0) is 26.0 Å². The summed E-state index contributed by atoms with van der Waals surface area (Å²) in [6.07, 6.45) is 2.04. The first-order valence-corrected chi connectivity index (χ1v) is 4.10. The van der Waals surface area contributed by atoms with Gasteiger partial charge >= 0.3 is 0 Å². The maximum atomic E-state index is 4.12. The summed E-state index contributed by atoms with van der Waals surface area (Å²) in [4.78, 5) is 0. The molecule has 0 bridgehead atoms. The van der Waals surface area contributed by atoms with Gasteiger partial charge in [0.15, 0.2) is 5.65 Å². The number of aromatic nitrogens is 3. The van der Waals surface area contributed by atoms with Crippen LogP contribution in [0.4, 0.5) is 0 Å². The summed E-state index contributed by atoms with van der Waals surface area (Å²) in [6.45, 7) is 5.00. The molecule has 0 spiro atoms. The second kappa shape index (κ2) is 2.59. The Morgan fingerprint density at radius 2 is 2.25 bits per heavy atom. The highest BCUT2D eigenvalue weighted by Crippen LogP contribution is 2.12. The molecule has 0 aliphatic heterocycles. The lowest BCUT2D eigenvalue weighted by Gasteiger charge is -1.97. The SMILES string of the molecule is CCn1ccc2cc(C)nnc21. The summed E-state index contributed by atoms with van der Waals surface area (Å²) in [5.41, 5.74) is 1.94. The van der Waals surface area contributed by atoms with Crippen molar-refractivity contribution in [2.45, 2.75) is 20.4 Å². The van der Waals surface area contributed by atoms with E-state index in [1.54, 1.807) is 0 Å². The van der Waals surface area contributed by atoms with Crippen LogP contribution in [0.2, 0.25) is 0 Å². The highest BCUT2D eigenvalue weighted by atomic mass is 15.2. The molecule has 0 aliphatic carbocycles. The van der Waals surface area contributed by atoms with Gasteiger partial charge in [-0.25, -0.2) is 0 Å². The summed E-state index contributed by atoms with van der Waals surface area (Å²) in [6, 6.07) is 4.12. The molecule has 0 saturated carbocycles. The van der Waals surface area contributed by atoms with Gasteiger partial charge in [-0.2, -0.15) is 5.10 Å². The third-order valence-electron chi connectivity index (χ3n) is 1.97. The molecule has 0 unspecified atom stereocenters. The van der Waals surface area contributed by atoms with Crippen LogP contribution in [0.3, 0.4) is 0 Å². The van der Waals surface area contributed by atoms with Crippen LogP contribution in [0, 0.1) is 6.92 Å². The zero-order valence-electron chi connectivity index (χ0n) is 7.28. The minimum Gasteiger partial charge on any atom is -0.331 e. The van der Waals surface area contributed by atoms with Gasteiger partial charge in [0, 0.05) is 18.1 Å². The van der Waals surface area contributed by atoms with Gasteiger partial charge in [-0.1, -0.05) is 0 Å². The zero-order chi connectivity index (χ0) is 8.55. The molecule has 2 aromatic rings. The van der Waals surface area contributed by atoms with Crippen molar-refractivity contribution in [2.24, 2.45) is 0 Å². The molecule has 2 rings (SSSR count). The highest BCUT2D eigenvalue weighted by Gasteiger charge is 2.00. The van der Waals surface area contributed by atoms with Crippen molar-refractivity contribution in [2.75, 3.05) is 0 Å². The number of hydrogen-bond acceptors (Lipinski definition) is 2. The van der Waals surface area contributed by atoms with Crippen LogP contribution in [0.15, 0.2) is 18.3 Å². The summed E-state index contributed by atoms with van der Waals surface area (Å²) >= 11 is 0. The average Bonchev–Trinajstić information content (AvgIpc) is 2.46. The Morgan fingerprint density at radius 3 is 3.00 bits per heavy atom. The van der Waals surface area contributed by atoms with E-state index in [2.05, 4.69) is 33.8 Å². The Kier molecular flexibility index (Phi) is 1.57. The zero-order valence-corrected chi connectivity index (χ0v) is 7.28. The Hall–Kier alpha value is -1.38. The van der Waals surface area contributed by atoms with Gasteiger partial charge < -0.3 is 4.57 Å². The Bertz CT molecular complexity index is 403. The number of hydrogen-bond donors (Lipinski definition) is 0. The van der Waals surface area contributed by atoms with Crippen molar-refractivity contribution >= 4 is 11.0 Å². The molecule has 0 radical (unpaired) electrons. The maximum absolute atomic E-state index is 4.12. The Labute approximate surface area is 71.0 Å². The average molecular weight is 161 g/mol. The fourth-order valence-corrected chi connectivity index (χ4v) is 1.34. The van der Waals surface area contributed by atoms with Crippen molar-refractivity contribution in [1.82, 2.24) is 14.8 Å². The number of fused-ring (bicyclic) bond motifs is 1. The number of rotatable bonds is 1. The molecule has 0 fully saturated rings. The minimum atomic E-state index is 0.946. The van der Waals surface area contributed by atoms with E-state index < -0.39 is 0 Å². The predicted molar refractivity (Wildman–Crippen MR) is 47.9 cm³/mol. The van der Waals surface area contributed by atoms with Crippen molar-refractivity contribution in [3.8, 4) is 0 Å². The van der Waals surface area contributed by atoms with Crippen LogP contribution in [-0.4, -0.2) is 14.8 Å². The van der Waals surface area contributed by atoms with Gasteiger partial charge in [0.05, 0.1) is 5.69 Å². The van der Waals surface area contributed by atoms with E-state index in [9.17, 15) is 0 Å². The van der Waals surface area contributed by atoms with Crippen molar-refractivity contribution in [3.05, 3.63) is 24.0 Å². The summed E-state index contributed by atoms with van der Waals surface area (Å²) in [5.74, 6) is 0. The van der Waals surface area contributed by atoms with Crippen LogP contribution < -0.4 is 0 Å². The monoisotopic (exact) mass is 161 g/mol. The fraction of sp³-hybridized carbons (Fsp3) is 0.333. The topological polar surface area (TPSA) is 30.7 Å². The van der Waals surface area contributed by atoms with E-state index in [0.29, 0.717) is 0 Å². The van der Waals surface area contributed by atoms with Crippen LogP contribution in [-0.2, 0) is 6.54 Å². The molecular formula is C9H11N3. The first-order valence-electron chi connectivity index (χ1n) is 4.10. The molecule has 0 aliphatic rings. The maximum Gasteiger partial charge on any atom is 0.162 e. The lowest BCUT2D eigenvalue weighted by atomic mass is 10.3. The van der Waals surface area contributed by atoms with E-state index in [-0.39, 0.29) is 0 Å². The van der Waals surface area contributed by atoms with E-state index >= 15 is 0 Å². The van der Waals surface area contributed by atoms with E-state index in [4.69, 9.17) is 0 Å². The van der Waals surface area contributed by atoms with Gasteiger partial charge in [0.2, 0.25) is 0 Å². The molecule has 0 saturated heterocycles. The lowest BCUT2D eigenvalue weighted by molar-refractivity contribution is 0.777. The number of nitrogens with zero attached hydrogens (tertiary/aromatic N) is 3. The third kappa shape index (κ3) is 0.978. The molecule has 0 aromatic carbocycles. The van der Waals surface area contributed by atoms with E-state index in [0.717, 1.165) is 17.9 Å². The normalized spacial score (nSPS) is 10.8. The second-order valence-electron chi connectivity index (χ2n) is 2.87. The van der Waals surface area contributed by atoms with Crippen LogP contribution in [0.1, 0.15) is 12.6 Å². The van der Waals surface area contributed by atoms with Gasteiger partial charge in [-0.15, -0.1) is 5.10 Å². The summed E-state index contributed by atoms with van der Waals surface area (Å²) in [7, 11) is 0. The van der Waals surface area contributed by atoms with Crippen molar-refractivity contribution in [1.29, 1.82) is 0 Å². The van der Waals surface area contributed by atoms with Crippen molar-refractivity contribution < 1.29 is 0 Å². The van der Waals surface area contributed by atoms with Crippen molar-refractivity contribution in [3.63, 3.8) is 0 Å². The molecule has 0 atom stereocenters. The third-order valence-corrected chi connectivity index (χ3v) is 1.97. The molecule has 2 aromatic heterocycles. The first-order chi connectivity index (χ1) is 5.81. The standard InChI is InChI=1S/C9H11N3/c1-3-12-5-4-8-6-7(2)10-11-9(8)12/h4-6H,3H2,1-2H3. The Morgan fingerprint density at radius 1 is 1.42 bits per heavy atom. The molecular weight excluding hydrogens is 150 g/mol. The van der Waals surface area contributed by atoms with Crippen LogP contribution in [0.25, 0.3) is 11.0 Å². The molecule has 2 heterocycles. The molecule has 0 N–H and O–H groups in total. The predicted octanol–water partition coefficient (Wildman–Crippen LogP) is 1.76. The number of aryl methyl sites for hydroxylation is 2. The van der Waals surface area contributed by atoms with Crippen LogP contribution in [0.5, 0.6) is 0 Å².